The van der Waals surface area contributed by atoms with E-state index in [1.807, 2.05) is 51.1 Å². The third-order valence-electron chi connectivity index (χ3n) is 5.67. The van der Waals surface area contributed by atoms with Gasteiger partial charge in [0.25, 0.3) is 5.78 Å². The SMILES string of the molecule is Cc1ccccc1Cc1c(C)nc2nc(SCC(=O)N[C@H](C)c3ccccc3)nn2c1C. The molecule has 1 atom stereocenters. The molecule has 1 N–H and O–H groups in total. The van der Waals surface area contributed by atoms with Crippen LogP contribution < -0.4 is 5.32 Å². The number of amides is 1. The van der Waals surface area contributed by atoms with Crippen LogP contribution in [0.15, 0.2) is 59.8 Å². The second kappa shape index (κ2) is 9.53. The number of thioether (sulfide) groups is 1. The van der Waals surface area contributed by atoms with Crippen LogP contribution in [0.25, 0.3) is 5.78 Å². The fourth-order valence-corrected chi connectivity index (χ4v) is 4.37. The van der Waals surface area contributed by atoms with Gasteiger partial charge >= 0.3 is 0 Å². The molecule has 6 nitrogen and oxygen atoms in total. The minimum absolute atomic E-state index is 0.0473. The Kier molecular flexibility index (Phi) is 6.55. The van der Waals surface area contributed by atoms with Crippen LogP contribution >= 0.6 is 11.8 Å². The predicted molar refractivity (Wildman–Crippen MR) is 128 cm³/mol. The van der Waals surface area contributed by atoms with Crippen LogP contribution in [0, 0.1) is 20.8 Å². The van der Waals surface area contributed by atoms with Crippen LogP contribution in [-0.2, 0) is 11.2 Å². The van der Waals surface area contributed by atoms with E-state index in [1.54, 1.807) is 4.52 Å². The number of hydrogen-bond donors (Lipinski definition) is 1. The summed E-state index contributed by atoms with van der Waals surface area (Å²) in [6, 6.07) is 18.3. The maximum Gasteiger partial charge on any atom is 0.253 e. The van der Waals surface area contributed by atoms with Crippen LogP contribution in [-0.4, -0.2) is 31.2 Å². The number of benzene rings is 2. The first-order valence-electron chi connectivity index (χ1n) is 10.7. The van der Waals surface area contributed by atoms with Crippen molar-refractivity contribution in [1.29, 1.82) is 0 Å². The lowest BCUT2D eigenvalue weighted by Crippen LogP contribution is -2.28. The lowest BCUT2D eigenvalue weighted by Gasteiger charge is -2.13. The summed E-state index contributed by atoms with van der Waals surface area (Å²) in [7, 11) is 0. The zero-order valence-corrected chi connectivity index (χ0v) is 19.6. The molecule has 0 aliphatic heterocycles. The quantitative estimate of drug-likeness (QED) is 0.421. The van der Waals surface area contributed by atoms with Crippen molar-refractivity contribution in [3.63, 3.8) is 0 Å². The van der Waals surface area contributed by atoms with Gasteiger partial charge in [-0.3, -0.25) is 4.79 Å². The van der Waals surface area contributed by atoms with Crippen LogP contribution in [0.5, 0.6) is 0 Å². The molecule has 0 unspecified atom stereocenters. The van der Waals surface area contributed by atoms with E-state index < -0.39 is 0 Å². The molecule has 164 valence electrons. The van der Waals surface area contributed by atoms with Gasteiger partial charge in [0.1, 0.15) is 0 Å². The van der Waals surface area contributed by atoms with Crippen LogP contribution in [0.1, 0.15) is 46.6 Å². The van der Waals surface area contributed by atoms with Gasteiger partial charge in [-0.2, -0.15) is 4.98 Å². The number of carbonyl (C=O) groups is 1. The number of nitrogens with zero attached hydrogens (tertiary/aromatic N) is 4. The highest BCUT2D eigenvalue weighted by Gasteiger charge is 2.16. The second-order valence-electron chi connectivity index (χ2n) is 7.96. The maximum absolute atomic E-state index is 12.4. The molecule has 4 aromatic rings. The Morgan fingerprint density at radius 2 is 1.75 bits per heavy atom. The second-order valence-corrected chi connectivity index (χ2v) is 8.90. The Bertz CT molecular complexity index is 1250. The summed E-state index contributed by atoms with van der Waals surface area (Å²) in [5.74, 6) is 0.766. The van der Waals surface area contributed by atoms with E-state index in [1.165, 1.54) is 22.9 Å². The molecule has 2 aromatic carbocycles. The van der Waals surface area contributed by atoms with Crippen molar-refractivity contribution in [2.45, 2.75) is 45.3 Å². The van der Waals surface area contributed by atoms with Crippen molar-refractivity contribution in [2.75, 3.05) is 5.75 Å². The largest absolute Gasteiger partial charge is 0.349 e. The standard InChI is InChI=1S/C25H27N5OS/c1-16-10-8-9-13-21(16)14-22-18(3)27-24-28-25(29-30(24)19(22)4)32-15-23(31)26-17(2)20-11-6-5-7-12-20/h5-13,17H,14-15H2,1-4H3,(H,26,31)/t17-/m1/s1. The predicted octanol–water partition coefficient (Wildman–Crippen LogP) is 4.61. The molecule has 7 heteroatoms. The summed E-state index contributed by atoms with van der Waals surface area (Å²) in [5, 5.41) is 8.19. The fraction of sp³-hybridized carbons (Fsp3) is 0.280. The Morgan fingerprint density at radius 1 is 1.03 bits per heavy atom. The minimum atomic E-state index is -0.0497. The lowest BCUT2D eigenvalue weighted by atomic mass is 9.99. The normalized spacial score (nSPS) is 12.1. The Labute approximate surface area is 192 Å². The zero-order chi connectivity index (χ0) is 22.7. The molecule has 0 aliphatic carbocycles. The first-order chi connectivity index (χ1) is 15.4. The Morgan fingerprint density at radius 3 is 2.50 bits per heavy atom. The zero-order valence-electron chi connectivity index (χ0n) is 18.8. The van der Waals surface area contributed by atoms with Crippen molar-refractivity contribution in [3.8, 4) is 0 Å². The third-order valence-corrected chi connectivity index (χ3v) is 6.51. The number of fused-ring (bicyclic) bond motifs is 1. The van der Waals surface area contributed by atoms with E-state index in [2.05, 4.69) is 51.6 Å². The van der Waals surface area contributed by atoms with Crippen LogP contribution in [0.4, 0.5) is 0 Å². The van der Waals surface area contributed by atoms with E-state index in [-0.39, 0.29) is 17.7 Å². The van der Waals surface area contributed by atoms with Crippen molar-refractivity contribution < 1.29 is 4.79 Å². The number of aryl methyl sites for hydroxylation is 3. The maximum atomic E-state index is 12.4. The van der Waals surface area contributed by atoms with Gasteiger partial charge in [-0.1, -0.05) is 66.4 Å². The smallest absolute Gasteiger partial charge is 0.253 e. The van der Waals surface area contributed by atoms with Gasteiger partial charge in [-0.15, -0.1) is 5.10 Å². The van der Waals surface area contributed by atoms with Crippen LogP contribution in [0.2, 0.25) is 0 Å². The Balaban J connectivity index is 1.47. The topological polar surface area (TPSA) is 72.2 Å². The Hall–Kier alpha value is -3.19. The molecular formula is C25H27N5OS. The van der Waals surface area contributed by atoms with Crippen molar-refractivity contribution >= 4 is 23.4 Å². The minimum Gasteiger partial charge on any atom is -0.349 e. The summed E-state index contributed by atoms with van der Waals surface area (Å²) >= 11 is 1.32. The summed E-state index contributed by atoms with van der Waals surface area (Å²) in [6.07, 6.45) is 0.801. The number of nitrogens with one attached hydrogen (secondary N) is 1. The van der Waals surface area contributed by atoms with Gasteiger partial charge in [0.15, 0.2) is 0 Å². The molecule has 4 rings (SSSR count). The van der Waals surface area contributed by atoms with E-state index in [0.717, 1.165) is 28.9 Å². The molecule has 1 amide bonds. The fourth-order valence-electron chi connectivity index (χ4n) is 3.74. The molecule has 0 spiro atoms. The first-order valence-corrected chi connectivity index (χ1v) is 11.7. The molecular weight excluding hydrogens is 418 g/mol. The summed E-state index contributed by atoms with van der Waals surface area (Å²) < 4.78 is 1.79. The van der Waals surface area contributed by atoms with Crippen LogP contribution in [0.3, 0.4) is 0 Å². The molecule has 0 aliphatic rings. The van der Waals surface area contributed by atoms with Gasteiger partial charge in [0, 0.05) is 17.8 Å². The molecule has 2 heterocycles. The highest BCUT2D eigenvalue weighted by molar-refractivity contribution is 7.99. The van der Waals surface area contributed by atoms with Gasteiger partial charge < -0.3 is 5.32 Å². The average molecular weight is 446 g/mol. The molecule has 0 fully saturated rings. The highest BCUT2D eigenvalue weighted by atomic mass is 32.2. The van der Waals surface area contributed by atoms with E-state index in [0.29, 0.717) is 10.9 Å². The van der Waals surface area contributed by atoms with E-state index >= 15 is 0 Å². The third kappa shape index (κ3) is 4.83. The lowest BCUT2D eigenvalue weighted by molar-refractivity contribution is -0.119. The number of rotatable bonds is 7. The van der Waals surface area contributed by atoms with Crippen molar-refractivity contribution in [2.24, 2.45) is 0 Å². The van der Waals surface area contributed by atoms with Gasteiger partial charge in [0.2, 0.25) is 11.1 Å². The van der Waals surface area contributed by atoms with E-state index in [4.69, 9.17) is 0 Å². The van der Waals surface area contributed by atoms with E-state index in [9.17, 15) is 4.79 Å². The van der Waals surface area contributed by atoms with Gasteiger partial charge in [-0.05, 0) is 49.9 Å². The number of carbonyl (C=O) groups excluding carboxylic acids is 1. The highest BCUT2D eigenvalue weighted by Crippen LogP contribution is 2.22. The average Bonchev–Trinajstić information content (AvgIpc) is 3.20. The first kappa shape index (κ1) is 22.0. The van der Waals surface area contributed by atoms with Crippen molar-refractivity contribution in [3.05, 3.63) is 88.2 Å². The summed E-state index contributed by atoms with van der Waals surface area (Å²) in [5.41, 5.74) is 6.75. The van der Waals surface area contributed by atoms with Gasteiger partial charge in [0.05, 0.1) is 11.8 Å². The summed E-state index contributed by atoms with van der Waals surface area (Å²) in [6.45, 7) is 8.17. The molecule has 0 saturated heterocycles. The number of hydrogen-bond acceptors (Lipinski definition) is 5. The monoisotopic (exact) mass is 445 g/mol. The number of aromatic nitrogens is 4. The molecule has 0 radical (unpaired) electrons. The molecule has 0 saturated carbocycles. The molecule has 32 heavy (non-hydrogen) atoms. The molecule has 0 bridgehead atoms. The molecule has 2 aromatic heterocycles. The van der Waals surface area contributed by atoms with Crippen molar-refractivity contribution in [1.82, 2.24) is 24.9 Å². The summed E-state index contributed by atoms with van der Waals surface area (Å²) in [4.78, 5) is 21.6. The van der Waals surface area contributed by atoms with Gasteiger partial charge in [-0.25, -0.2) is 9.50 Å².